The molecule has 1 amide bonds. The van der Waals surface area contributed by atoms with Gasteiger partial charge in [0.25, 0.3) is 0 Å². The quantitative estimate of drug-likeness (QED) is 0.900. The molecule has 1 saturated carbocycles. The highest BCUT2D eigenvalue weighted by Gasteiger charge is 2.24. The monoisotopic (exact) mass is 332 g/mol. The number of carbonyl (C=O) groups is 1. The Morgan fingerprint density at radius 3 is 2.58 bits per heavy atom. The van der Waals surface area contributed by atoms with Gasteiger partial charge >= 0.3 is 0 Å². The first kappa shape index (κ1) is 17.2. The van der Waals surface area contributed by atoms with Gasteiger partial charge in [0.05, 0.1) is 29.7 Å². The van der Waals surface area contributed by atoms with Crippen molar-refractivity contribution < 1.29 is 14.3 Å². The van der Waals surface area contributed by atoms with Gasteiger partial charge in [-0.25, -0.2) is 0 Å². The highest BCUT2D eigenvalue weighted by atomic mass is 16.5. The number of benzene rings is 1. The lowest BCUT2D eigenvalue weighted by Gasteiger charge is -2.37. The van der Waals surface area contributed by atoms with Crippen molar-refractivity contribution in [3.8, 4) is 0 Å². The van der Waals surface area contributed by atoms with Gasteiger partial charge in [0.15, 0.2) is 0 Å². The Morgan fingerprint density at radius 2 is 1.88 bits per heavy atom. The number of nitrogens with zero attached hydrogens (tertiary/aromatic N) is 1. The lowest BCUT2D eigenvalue weighted by Crippen LogP contribution is -2.45. The van der Waals surface area contributed by atoms with E-state index >= 15 is 0 Å². The minimum atomic E-state index is -0.0799. The zero-order valence-corrected chi connectivity index (χ0v) is 14.7. The maximum absolute atomic E-state index is 12.3. The predicted molar refractivity (Wildman–Crippen MR) is 95.5 cm³/mol. The van der Waals surface area contributed by atoms with E-state index in [4.69, 9.17) is 9.47 Å². The summed E-state index contributed by atoms with van der Waals surface area (Å²) in [7, 11) is 0. The zero-order chi connectivity index (χ0) is 16.9. The molecule has 1 aromatic rings. The number of ether oxygens (including phenoxy) is 2. The van der Waals surface area contributed by atoms with Crippen molar-refractivity contribution in [2.24, 2.45) is 0 Å². The highest BCUT2D eigenvalue weighted by molar-refractivity contribution is 5.95. The Hall–Kier alpha value is -1.59. The van der Waals surface area contributed by atoms with Gasteiger partial charge in [-0.15, -0.1) is 0 Å². The second-order valence-corrected chi connectivity index (χ2v) is 6.95. The Bertz CT molecular complexity index is 547. The lowest BCUT2D eigenvalue weighted by molar-refractivity contribution is -0.122. The molecule has 0 spiro atoms. The summed E-state index contributed by atoms with van der Waals surface area (Å²) in [5.41, 5.74) is 1.90. The number of hydrogen-bond acceptors (Lipinski definition) is 4. The summed E-state index contributed by atoms with van der Waals surface area (Å²) in [6.07, 6.45) is 5.20. The second kappa shape index (κ2) is 7.99. The van der Waals surface area contributed by atoms with Crippen LogP contribution in [0.3, 0.4) is 0 Å². The maximum atomic E-state index is 12.3. The van der Waals surface area contributed by atoms with E-state index in [1.807, 2.05) is 18.2 Å². The van der Waals surface area contributed by atoms with Gasteiger partial charge in [-0.1, -0.05) is 25.0 Å². The Morgan fingerprint density at radius 1 is 1.21 bits per heavy atom. The number of hydrogen-bond donors (Lipinski definition) is 1. The van der Waals surface area contributed by atoms with E-state index in [-0.39, 0.29) is 30.8 Å². The van der Waals surface area contributed by atoms with Crippen molar-refractivity contribution in [1.82, 2.24) is 0 Å². The number of para-hydroxylation sites is 2. The molecular weight excluding hydrogens is 304 g/mol. The van der Waals surface area contributed by atoms with Crippen molar-refractivity contribution in [2.45, 2.75) is 57.8 Å². The molecule has 2 aliphatic rings. The molecule has 0 aromatic heterocycles. The van der Waals surface area contributed by atoms with Gasteiger partial charge in [0.1, 0.15) is 6.61 Å². The van der Waals surface area contributed by atoms with E-state index in [9.17, 15) is 4.79 Å². The molecule has 0 unspecified atom stereocenters. The molecule has 3 rings (SSSR count). The third kappa shape index (κ3) is 4.48. The van der Waals surface area contributed by atoms with E-state index in [1.54, 1.807) is 0 Å². The van der Waals surface area contributed by atoms with Crippen LogP contribution in [0, 0.1) is 0 Å². The van der Waals surface area contributed by atoms with Gasteiger partial charge < -0.3 is 19.7 Å². The van der Waals surface area contributed by atoms with Crippen LogP contribution in [0.1, 0.15) is 39.5 Å². The summed E-state index contributed by atoms with van der Waals surface area (Å²) in [5, 5.41) is 3.02. The smallest absolute Gasteiger partial charge is 0.250 e. The van der Waals surface area contributed by atoms with E-state index in [1.165, 1.54) is 12.8 Å². The lowest BCUT2D eigenvalue weighted by atomic mass is 10.1. The van der Waals surface area contributed by atoms with Gasteiger partial charge in [0.2, 0.25) is 5.91 Å². The average molecular weight is 332 g/mol. The van der Waals surface area contributed by atoms with Crippen molar-refractivity contribution in [3.63, 3.8) is 0 Å². The van der Waals surface area contributed by atoms with Gasteiger partial charge in [-0.3, -0.25) is 4.79 Å². The number of amides is 1. The zero-order valence-electron chi connectivity index (χ0n) is 14.7. The minimum absolute atomic E-state index is 0.0799. The molecule has 5 nitrogen and oxygen atoms in total. The number of anilines is 2. The first-order chi connectivity index (χ1) is 11.6. The number of rotatable bonds is 5. The molecular formula is C19H28N2O3. The molecule has 132 valence electrons. The molecule has 1 saturated heterocycles. The summed E-state index contributed by atoms with van der Waals surface area (Å²) in [6, 6.07) is 7.96. The fraction of sp³-hybridized carbons (Fsp3) is 0.632. The Labute approximate surface area is 144 Å². The predicted octanol–water partition coefficient (Wildman–Crippen LogP) is 3.20. The molecule has 2 atom stereocenters. The Balaban J connectivity index is 1.61. The first-order valence-electron chi connectivity index (χ1n) is 9.02. The molecule has 5 heteroatoms. The number of morpholine rings is 1. The fourth-order valence-electron chi connectivity index (χ4n) is 3.66. The van der Waals surface area contributed by atoms with Crippen LogP contribution in [0.4, 0.5) is 11.4 Å². The molecule has 0 radical (unpaired) electrons. The number of carbonyl (C=O) groups excluding carboxylic acids is 1. The molecule has 24 heavy (non-hydrogen) atoms. The van der Waals surface area contributed by atoms with Crippen LogP contribution >= 0.6 is 0 Å². The van der Waals surface area contributed by atoms with Gasteiger partial charge in [0, 0.05) is 13.1 Å². The third-order valence-corrected chi connectivity index (χ3v) is 4.69. The molecule has 1 N–H and O–H groups in total. The maximum Gasteiger partial charge on any atom is 0.250 e. The summed E-state index contributed by atoms with van der Waals surface area (Å²) in [5.74, 6) is -0.0799. The fourth-order valence-corrected chi connectivity index (χ4v) is 3.66. The summed E-state index contributed by atoms with van der Waals surface area (Å²) < 4.78 is 11.5. The minimum Gasteiger partial charge on any atom is -0.372 e. The van der Waals surface area contributed by atoms with Crippen LogP contribution in [0.5, 0.6) is 0 Å². The van der Waals surface area contributed by atoms with Crippen LogP contribution < -0.4 is 10.2 Å². The van der Waals surface area contributed by atoms with E-state index < -0.39 is 0 Å². The number of nitrogens with one attached hydrogen (secondary N) is 1. The van der Waals surface area contributed by atoms with Crippen molar-refractivity contribution >= 4 is 17.3 Å². The molecule has 1 aromatic carbocycles. The van der Waals surface area contributed by atoms with Crippen LogP contribution in [-0.4, -0.2) is 43.9 Å². The molecule has 2 fully saturated rings. The second-order valence-electron chi connectivity index (χ2n) is 6.95. The molecule has 1 aliphatic heterocycles. The largest absolute Gasteiger partial charge is 0.372 e. The molecule has 1 aliphatic carbocycles. The summed E-state index contributed by atoms with van der Waals surface area (Å²) in [4.78, 5) is 14.5. The van der Waals surface area contributed by atoms with Crippen LogP contribution in [0.25, 0.3) is 0 Å². The Kier molecular flexibility index (Phi) is 5.74. The topological polar surface area (TPSA) is 50.8 Å². The summed E-state index contributed by atoms with van der Waals surface area (Å²) >= 11 is 0. The van der Waals surface area contributed by atoms with Crippen molar-refractivity contribution in [2.75, 3.05) is 29.9 Å². The molecule has 0 bridgehead atoms. The van der Waals surface area contributed by atoms with E-state index in [0.29, 0.717) is 0 Å². The third-order valence-electron chi connectivity index (χ3n) is 4.69. The van der Waals surface area contributed by atoms with E-state index in [2.05, 4.69) is 30.1 Å². The van der Waals surface area contributed by atoms with Gasteiger partial charge in [-0.2, -0.15) is 0 Å². The average Bonchev–Trinajstić information content (AvgIpc) is 3.06. The first-order valence-corrected chi connectivity index (χ1v) is 9.02. The van der Waals surface area contributed by atoms with Gasteiger partial charge in [-0.05, 0) is 38.8 Å². The summed E-state index contributed by atoms with van der Waals surface area (Å²) in [6.45, 7) is 5.96. The standard InChI is InChI=1S/C19H28N2O3/c1-14-11-21(12-15(2)24-14)18-10-6-5-9-17(18)20-19(22)13-23-16-7-3-4-8-16/h5-6,9-10,14-16H,3-4,7-8,11-13H2,1-2H3,(H,20,22)/t14-,15-/m0/s1. The van der Waals surface area contributed by atoms with Crippen molar-refractivity contribution in [1.29, 1.82) is 0 Å². The van der Waals surface area contributed by atoms with E-state index in [0.717, 1.165) is 37.3 Å². The van der Waals surface area contributed by atoms with Crippen molar-refractivity contribution in [3.05, 3.63) is 24.3 Å². The van der Waals surface area contributed by atoms with Crippen LogP contribution in [0.15, 0.2) is 24.3 Å². The van der Waals surface area contributed by atoms with Crippen LogP contribution in [0.2, 0.25) is 0 Å². The highest BCUT2D eigenvalue weighted by Crippen LogP contribution is 2.28. The SMILES string of the molecule is C[C@H]1CN(c2ccccc2NC(=O)COC2CCCC2)C[C@H](C)O1. The molecule has 1 heterocycles. The normalized spacial score (nSPS) is 25.0. The van der Waals surface area contributed by atoms with Crippen LogP contribution in [-0.2, 0) is 14.3 Å².